The largest absolute Gasteiger partial charge is 0.481 e. The molecule has 0 bridgehead atoms. The lowest BCUT2D eigenvalue weighted by molar-refractivity contribution is -0.149. The van der Waals surface area contributed by atoms with Crippen LogP contribution in [0.5, 0.6) is 0 Å². The molecule has 0 spiro atoms. The first kappa shape index (κ1) is 17.8. The molecule has 1 N–H and O–H groups in total. The number of aryl methyl sites for hydroxylation is 2. The fourth-order valence-electron chi connectivity index (χ4n) is 4.56. The van der Waals surface area contributed by atoms with Gasteiger partial charge in [0.15, 0.2) is 0 Å². The number of aliphatic carboxylic acids is 1. The first-order valence-corrected chi connectivity index (χ1v) is 9.68. The van der Waals surface area contributed by atoms with E-state index in [0.717, 1.165) is 37.1 Å². The summed E-state index contributed by atoms with van der Waals surface area (Å²) in [5.41, 5.74) is 0.882. The second-order valence-electron chi connectivity index (χ2n) is 8.04. The lowest BCUT2D eigenvalue weighted by Gasteiger charge is -2.25. The molecule has 1 saturated carbocycles. The molecule has 1 aromatic rings. The van der Waals surface area contributed by atoms with Gasteiger partial charge < -0.3 is 10.0 Å². The highest BCUT2D eigenvalue weighted by Crippen LogP contribution is 2.45. The Labute approximate surface area is 157 Å². The lowest BCUT2D eigenvalue weighted by atomic mass is 9.81. The van der Waals surface area contributed by atoms with Gasteiger partial charge in [-0.15, -0.1) is 0 Å². The zero-order chi connectivity index (χ0) is 18.6. The van der Waals surface area contributed by atoms with E-state index in [1.807, 2.05) is 14.0 Å². The molecule has 8 heteroatoms. The van der Waals surface area contributed by atoms with E-state index in [9.17, 15) is 14.7 Å². The van der Waals surface area contributed by atoms with E-state index in [1.54, 1.807) is 9.58 Å². The van der Waals surface area contributed by atoms with E-state index in [-0.39, 0.29) is 5.91 Å². The van der Waals surface area contributed by atoms with Crippen molar-refractivity contribution in [3.05, 3.63) is 16.4 Å². The van der Waals surface area contributed by atoms with Crippen molar-refractivity contribution in [1.82, 2.24) is 19.6 Å². The van der Waals surface area contributed by atoms with Crippen molar-refractivity contribution in [2.24, 2.45) is 24.3 Å². The maximum absolute atomic E-state index is 12.8. The Morgan fingerprint density at radius 2 is 2.12 bits per heavy atom. The summed E-state index contributed by atoms with van der Waals surface area (Å²) in [6, 6.07) is 0. The SMILES string of the molecule is CCc1nn(C)c(Cl)c1CN1C[C@H]2C(=O)N(CC3CC3)C[C@@]2(C(=O)O)C1. The zero-order valence-corrected chi connectivity index (χ0v) is 16.0. The first-order chi connectivity index (χ1) is 12.4. The molecule has 3 aliphatic rings. The Bertz CT molecular complexity index is 760. The number of carboxylic acids is 1. The molecule has 4 rings (SSSR count). The Morgan fingerprint density at radius 1 is 1.38 bits per heavy atom. The van der Waals surface area contributed by atoms with Gasteiger partial charge in [-0.25, -0.2) is 0 Å². The number of carbonyl (C=O) groups is 2. The molecule has 0 radical (unpaired) electrons. The minimum absolute atomic E-state index is 0.00907. The highest BCUT2D eigenvalue weighted by Gasteiger charge is 2.62. The number of rotatable bonds is 6. The predicted molar refractivity (Wildman–Crippen MR) is 95.7 cm³/mol. The number of carbonyl (C=O) groups excluding carboxylic acids is 1. The van der Waals surface area contributed by atoms with Crippen LogP contribution in [-0.4, -0.2) is 62.7 Å². The van der Waals surface area contributed by atoms with E-state index in [4.69, 9.17) is 11.6 Å². The van der Waals surface area contributed by atoms with Crippen molar-refractivity contribution in [3.63, 3.8) is 0 Å². The number of fused-ring (bicyclic) bond motifs is 1. The van der Waals surface area contributed by atoms with Crippen LogP contribution in [0.25, 0.3) is 0 Å². The number of amides is 1. The Morgan fingerprint density at radius 3 is 2.69 bits per heavy atom. The first-order valence-electron chi connectivity index (χ1n) is 9.30. The van der Waals surface area contributed by atoms with Crippen molar-refractivity contribution in [1.29, 1.82) is 0 Å². The van der Waals surface area contributed by atoms with Gasteiger partial charge in [-0.3, -0.25) is 19.2 Å². The van der Waals surface area contributed by atoms with Gasteiger partial charge >= 0.3 is 5.97 Å². The molecule has 2 atom stereocenters. The average molecular weight is 381 g/mol. The summed E-state index contributed by atoms with van der Waals surface area (Å²) < 4.78 is 1.65. The van der Waals surface area contributed by atoms with Gasteiger partial charge in [-0.1, -0.05) is 18.5 Å². The number of aromatic nitrogens is 2. The smallest absolute Gasteiger partial charge is 0.313 e. The molecule has 3 fully saturated rings. The molecule has 2 aliphatic heterocycles. The number of nitrogens with zero attached hydrogens (tertiary/aromatic N) is 4. The second kappa shape index (κ2) is 6.23. The van der Waals surface area contributed by atoms with E-state index < -0.39 is 17.3 Å². The summed E-state index contributed by atoms with van der Waals surface area (Å²) in [7, 11) is 1.81. The van der Waals surface area contributed by atoms with Crippen molar-refractivity contribution in [3.8, 4) is 0 Å². The van der Waals surface area contributed by atoms with Crippen LogP contribution in [0.15, 0.2) is 0 Å². The third-order valence-electron chi connectivity index (χ3n) is 6.17. The molecule has 7 nitrogen and oxygen atoms in total. The highest BCUT2D eigenvalue weighted by atomic mass is 35.5. The zero-order valence-electron chi connectivity index (χ0n) is 15.2. The van der Waals surface area contributed by atoms with Crippen molar-refractivity contribution >= 4 is 23.5 Å². The Kier molecular flexibility index (Phi) is 4.27. The third-order valence-corrected chi connectivity index (χ3v) is 6.64. The molecule has 0 aromatic carbocycles. The van der Waals surface area contributed by atoms with Gasteiger partial charge in [0, 0.05) is 45.3 Å². The van der Waals surface area contributed by atoms with Crippen LogP contribution >= 0.6 is 11.6 Å². The monoisotopic (exact) mass is 380 g/mol. The normalized spacial score (nSPS) is 28.8. The van der Waals surface area contributed by atoms with Crippen LogP contribution in [0.1, 0.15) is 31.0 Å². The molecule has 1 aromatic heterocycles. The summed E-state index contributed by atoms with van der Waals surface area (Å²) in [5.74, 6) is -0.736. The highest BCUT2D eigenvalue weighted by molar-refractivity contribution is 6.30. The van der Waals surface area contributed by atoms with Crippen molar-refractivity contribution in [2.45, 2.75) is 32.7 Å². The van der Waals surface area contributed by atoms with Gasteiger partial charge in [0.2, 0.25) is 5.91 Å². The number of halogens is 1. The molecule has 1 amide bonds. The van der Waals surface area contributed by atoms with Crippen LogP contribution in [0.2, 0.25) is 5.15 Å². The summed E-state index contributed by atoms with van der Waals surface area (Å²) >= 11 is 6.39. The molecule has 3 heterocycles. The quantitative estimate of drug-likeness (QED) is 0.806. The van der Waals surface area contributed by atoms with Crippen molar-refractivity contribution < 1.29 is 14.7 Å². The van der Waals surface area contributed by atoms with Gasteiger partial charge in [-0.05, 0) is 25.2 Å². The molecular formula is C18H25ClN4O3. The van der Waals surface area contributed by atoms with Crippen LogP contribution in [0.3, 0.4) is 0 Å². The van der Waals surface area contributed by atoms with Gasteiger partial charge in [0.05, 0.1) is 11.6 Å². The summed E-state index contributed by atoms with van der Waals surface area (Å²) in [6.45, 7) is 4.48. The van der Waals surface area contributed by atoms with Crippen molar-refractivity contribution in [2.75, 3.05) is 26.2 Å². The van der Waals surface area contributed by atoms with E-state index in [1.165, 1.54) is 0 Å². The van der Waals surface area contributed by atoms with Gasteiger partial charge in [0.25, 0.3) is 0 Å². The summed E-state index contributed by atoms with van der Waals surface area (Å²) in [5, 5.41) is 15.0. The van der Waals surface area contributed by atoms with Gasteiger partial charge in [-0.2, -0.15) is 5.10 Å². The van der Waals surface area contributed by atoms with E-state index >= 15 is 0 Å². The van der Waals surface area contributed by atoms with Crippen LogP contribution in [0.4, 0.5) is 0 Å². The molecule has 0 unspecified atom stereocenters. The minimum atomic E-state index is -0.993. The molecule has 2 saturated heterocycles. The number of hydrogen-bond donors (Lipinski definition) is 1. The second-order valence-corrected chi connectivity index (χ2v) is 8.40. The molecule has 142 valence electrons. The molecule has 26 heavy (non-hydrogen) atoms. The Hall–Kier alpha value is -1.60. The molecular weight excluding hydrogens is 356 g/mol. The fourth-order valence-corrected chi connectivity index (χ4v) is 4.76. The standard InChI is InChI=1S/C18H25ClN4O3/c1-3-14-12(15(19)21(2)20-14)7-22-8-13-16(24)23(6-11-4-5-11)10-18(13,9-22)17(25)26/h11,13H,3-10H2,1-2H3,(H,25,26)/t13-,18-/m0/s1. The van der Waals surface area contributed by atoms with Crippen LogP contribution < -0.4 is 0 Å². The Balaban J connectivity index is 1.54. The third kappa shape index (κ3) is 2.72. The summed E-state index contributed by atoms with van der Waals surface area (Å²) in [4.78, 5) is 28.8. The van der Waals surface area contributed by atoms with Crippen LogP contribution in [0, 0.1) is 17.3 Å². The number of carboxylic acid groups (broad SMARTS) is 1. The molecule has 1 aliphatic carbocycles. The van der Waals surface area contributed by atoms with E-state index in [2.05, 4.69) is 10.00 Å². The fraction of sp³-hybridized carbons (Fsp3) is 0.722. The number of hydrogen-bond acceptors (Lipinski definition) is 4. The summed E-state index contributed by atoms with van der Waals surface area (Å²) in [6.07, 6.45) is 3.07. The minimum Gasteiger partial charge on any atom is -0.481 e. The number of likely N-dealkylation sites (tertiary alicyclic amines) is 2. The predicted octanol–water partition coefficient (Wildman–Crippen LogP) is 1.39. The van der Waals surface area contributed by atoms with Crippen LogP contribution in [-0.2, 0) is 29.6 Å². The lowest BCUT2D eigenvalue weighted by Crippen LogP contribution is -2.41. The van der Waals surface area contributed by atoms with E-state index in [0.29, 0.717) is 37.3 Å². The van der Waals surface area contributed by atoms with Gasteiger partial charge in [0.1, 0.15) is 10.6 Å². The maximum Gasteiger partial charge on any atom is 0.313 e. The topological polar surface area (TPSA) is 78.7 Å². The average Bonchev–Trinajstić information content (AvgIpc) is 3.21. The maximum atomic E-state index is 12.8.